The van der Waals surface area contributed by atoms with Crippen LogP contribution in [0.1, 0.15) is 5.82 Å². The fourth-order valence-corrected chi connectivity index (χ4v) is 2.05. The second kappa shape index (κ2) is 7.15. The third kappa shape index (κ3) is 3.90. The van der Waals surface area contributed by atoms with E-state index in [4.69, 9.17) is 5.11 Å². The maximum atomic E-state index is 11.0. The molecule has 2 rings (SSSR count). The SMILES string of the molecule is C[NH+](C)CCc1nc(N[C@H](CO)C(=O)[O-])c2ccccc2n1. The van der Waals surface area contributed by atoms with Crippen LogP contribution in [0.2, 0.25) is 0 Å². The third-order valence-electron chi connectivity index (χ3n) is 3.28. The highest BCUT2D eigenvalue weighted by atomic mass is 16.4. The Hall–Kier alpha value is -2.25. The van der Waals surface area contributed by atoms with E-state index >= 15 is 0 Å². The van der Waals surface area contributed by atoms with Crippen LogP contribution in [0.4, 0.5) is 5.82 Å². The van der Waals surface area contributed by atoms with Gasteiger partial charge >= 0.3 is 0 Å². The summed E-state index contributed by atoms with van der Waals surface area (Å²) in [4.78, 5) is 21.2. The van der Waals surface area contributed by atoms with Crippen molar-refractivity contribution in [2.75, 3.05) is 32.6 Å². The van der Waals surface area contributed by atoms with Gasteiger partial charge in [-0.1, -0.05) is 12.1 Å². The molecule has 7 heteroatoms. The van der Waals surface area contributed by atoms with Crippen molar-refractivity contribution >= 4 is 22.7 Å². The largest absolute Gasteiger partial charge is 0.548 e. The van der Waals surface area contributed by atoms with Gasteiger partial charge in [-0.3, -0.25) is 0 Å². The summed E-state index contributed by atoms with van der Waals surface area (Å²) < 4.78 is 0. The molecule has 0 aliphatic carbocycles. The molecular weight excluding hydrogens is 284 g/mol. The fourth-order valence-electron chi connectivity index (χ4n) is 2.05. The molecule has 0 aliphatic rings. The van der Waals surface area contributed by atoms with Crippen LogP contribution in [0.3, 0.4) is 0 Å². The second-order valence-corrected chi connectivity index (χ2v) is 5.41. The number of quaternary nitrogens is 1. The number of aliphatic carboxylic acids is 1. The van der Waals surface area contributed by atoms with Crippen LogP contribution in [-0.4, -0.2) is 54.3 Å². The number of rotatable bonds is 7. The fraction of sp³-hybridized carbons (Fsp3) is 0.400. The van der Waals surface area contributed by atoms with Gasteiger partial charge in [-0.15, -0.1) is 0 Å². The molecule has 0 amide bonds. The molecule has 0 saturated carbocycles. The van der Waals surface area contributed by atoms with E-state index in [2.05, 4.69) is 15.3 Å². The number of anilines is 1. The van der Waals surface area contributed by atoms with Crippen LogP contribution in [0.15, 0.2) is 24.3 Å². The number of aliphatic hydroxyl groups is 1. The monoisotopic (exact) mass is 304 g/mol. The van der Waals surface area contributed by atoms with Gasteiger partial charge in [0.05, 0.1) is 51.2 Å². The van der Waals surface area contributed by atoms with Crippen molar-refractivity contribution in [1.82, 2.24) is 9.97 Å². The van der Waals surface area contributed by atoms with Gasteiger partial charge in [-0.2, -0.15) is 0 Å². The minimum Gasteiger partial charge on any atom is -0.548 e. The van der Waals surface area contributed by atoms with E-state index in [0.29, 0.717) is 23.4 Å². The van der Waals surface area contributed by atoms with Crippen molar-refractivity contribution in [3.05, 3.63) is 30.1 Å². The van der Waals surface area contributed by atoms with E-state index in [0.717, 1.165) is 12.1 Å². The molecule has 3 N–H and O–H groups in total. The third-order valence-corrected chi connectivity index (χ3v) is 3.28. The number of carboxylic acid groups (broad SMARTS) is 1. The molecule has 118 valence electrons. The molecule has 0 unspecified atom stereocenters. The maximum Gasteiger partial charge on any atom is 0.138 e. The van der Waals surface area contributed by atoms with Crippen LogP contribution in [0.5, 0.6) is 0 Å². The normalized spacial score (nSPS) is 12.5. The number of hydrogen-bond acceptors (Lipinski definition) is 6. The first-order chi connectivity index (χ1) is 10.5. The number of aliphatic hydroxyl groups excluding tert-OH is 1. The summed E-state index contributed by atoms with van der Waals surface area (Å²) in [7, 11) is 4.08. The molecule has 0 saturated heterocycles. The van der Waals surface area contributed by atoms with Crippen LogP contribution >= 0.6 is 0 Å². The Morgan fingerprint density at radius 3 is 2.73 bits per heavy atom. The van der Waals surface area contributed by atoms with E-state index < -0.39 is 18.6 Å². The predicted molar refractivity (Wildman–Crippen MR) is 80.4 cm³/mol. The molecule has 1 aromatic heterocycles. The lowest BCUT2D eigenvalue weighted by Gasteiger charge is -2.19. The molecule has 7 nitrogen and oxygen atoms in total. The van der Waals surface area contributed by atoms with Crippen molar-refractivity contribution in [3.63, 3.8) is 0 Å². The Balaban J connectivity index is 2.38. The van der Waals surface area contributed by atoms with E-state index in [1.54, 1.807) is 0 Å². The van der Waals surface area contributed by atoms with Crippen LogP contribution in [-0.2, 0) is 11.2 Å². The summed E-state index contributed by atoms with van der Waals surface area (Å²) in [6.45, 7) is 0.291. The lowest BCUT2D eigenvalue weighted by Crippen LogP contribution is -3.06. The lowest BCUT2D eigenvalue weighted by atomic mass is 10.2. The van der Waals surface area contributed by atoms with Gasteiger partial charge in [0.25, 0.3) is 0 Å². The van der Waals surface area contributed by atoms with Gasteiger partial charge in [0.2, 0.25) is 0 Å². The van der Waals surface area contributed by atoms with E-state index in [1.807, 2.05) is 38.4 Å². The average Bonchev–Trinajstić information content (AvgIpc) is 2.50. The minimum atomic E-state index is -1.37. The molecule has 1 aromatic carbocycles. The Morgan fingerprint density at radius 1 is 1.36 bits per heavy atom. The maximum absolute atomic E-state index is 11.0. The number of nitrogens with zero attached hydrogens (tertiary/aromatic N) is 2. The summed E-state index contributed by atoms with van der Waals surface area (Å²) in [5, 5.41) is 23.6. The molecule has 0 radical (unpaired) electrons. The Bertz CT molecular complexity index is 660. The minimum absolute atomic E-state index is 0.401. The van der Waals surface area contributed by atoms with E-state index in [9.17, 15) is 9.90 Å². The predicted octanol–water partition coefficient (Wildman–Crippen LogP) is -2.16. The highest BCUT2D eigenvalue weighted by Gasteiger charge is 2.13. The molecule has 0 fully saturated rings. The zero-order valence-corrected chi connectivity index (χ0v) is 12.7. The van der Waals surface area contributed by atoms with Crippen LogP contribution in [0, 0.1) is 0 Å². The average molecular weight is 304 g/mol. The highest BCUT2D eigenvalue weighted by molar-refractivity contribution is 5.90. The summed E-state index contributed by atoms with van der Waals surface area (Å²) in [6, 6.07) is 6.14. The van der Waals surface area contributed by atoms with Gasteiger partial charge in [-0.05, 0) is 12.1 Å². The molecular formula is C15H20N4O3. The van der Waals surface area contributed by atoms with Crippen molar-refractivity contribution in [2.45, 2.75) is 12.5 Å². The van der Waals surface area contributed by atoms with Crippen LogP contribution in [0.25, 0.3) is 10.9 Å². The van der Waals surface area contributed by atoms with Gasteiger partial charge in [0, 0.05) is 5.39 Å². The lowest BCUT2D eigenvalue weighted by molar-refractivity contribution is -0.858. The topological polar surface area (TPSA) is 103 Å². The summed E-state index contributed by atoms with van der Waals surface area (Å²) >= 11 is 0. The van der Waals surface area contributed by atoms with Crippen molar-refractivity contribution in [1.29, 1.82) is 0 Å². The number of fused-ring (bicyclic) bond motifs is 1. The van der Waals surface area contributed by atoms with Crippen molar-refractivity contribution < 1.29 is 19.9 Å². The van der Waals surface area contributed by atoms with E-state index in [1.165, 1.54) is 4.90 Å². The Kier molecular flexibility index (Phi) is 5.24. The molecule has 1 heterocycles. The molecule has 22 heavy (non-hydrogen) atoms. The first-order valence-corrected chi connectivity index (χ1v) is 7.14. The summed E-state index contributed by atoms with van der Waals surface area (Å²) in [5.41, 5.74) is 0.735. The number of benzene rings is 1. The Labute approximate surface area is 128 Å². The van der Waals surface area contributed by atoms with E-state index in [-0.39, 0.29) is 0 Å². The summed E-state index contributed by atoms with van der Waals surface area (Å²) in [6.07, 6.45) is 0.678. The number of para-hydroxylation sites is 1. The molecule has 0 bridgehead atoms. The molecule has 1 atom stereocenters. The Morgan fingerprint density at radius 2 is 2.09 bits per heavy atom. The molecule has 2 aromatic rings. The molecule has 0 spiro atoms. The number of nitrogens with one attached hydrogen (secondary N) is 2. The second-order valence-electron chi connectivity index (χ2n) is 5.41. The first-order valence-electron chi connectivity index (χ1n) is 7.14. The quantitative estimate of drug-likeness (QED) is 0.538. The zero-order valence-electron chi connectivity index (χ0n) is 12.7. The van der Waals surface area contributed by atoms with Gasteiger partial charge in [-0.25, -0.2) is 9.97 Å². The smallest absolute Gasteiger partial charge is 0.138 e. The van der Waals surface area contributed by atoms with Gasteiger partial charge < -0.3 is 25.2 Å². The number of likely N-dealkylation sites (N-methyl/N-ethyl adjacent to an activating group) is 1. The number of carbonyl (C=O) groups is 1. The van der Waals surface area contributed by atoms with Crippen molar-refractivity contribution in [3.8, 4) is 0 Å². The first kappa shape index (κ1) is 16.1. The van der Waals surface area contributed by atoms with Crippen molar-refractivity contribution in [2.24, 2.45) is 0 Å². The zero-order chi connectivity index (χ0) is 16.1. The van der Waals surface area contributed by atoms with Gasteiger partial charge in [0.15, 0.2) is 0 Å². The number of aromatic nitrogens is 2. The number of carbonyl (C=O) groups excluding carboxylic acids is 1. The highest BCUT2D eigenvalue weighted by Crippen LogP contribution is 2.20. The summed E-state index contributed by atoms with van der Waals surface area (Å²) in [5.74, 6) is -0.334. The van der Waals surface area contributed by atoms with Gasteiger partial charge in [0.1, 0.15) is 11.6 Å². The number of carboxylic acids is 1. The molecule has 0 aliphatic heterocycles. The standard InChI is InChI=1S/C15H20N4O3/c1-19(2)8-7-13-16-11-6-4-3-5-10(11)14(18-13)17-12(9-20)15(21)22/h3-6,12,20H,7-9H2,1-2H3,(H,21,22)(H,16,17,18)/t12-/m1/s1. The number of hydrogen-bond donors (Lipinski definition) is 3. The van der Waals surface area contributed by atoms with Crippen LogP contribution < -0.4 is 15.3 Å².